The molecule has 100 valence electrons. The number of allylic oxidation sites excluding steroid dienone is 1. The summed E-state index contributed by atoms with van der Waals surface area (Å²) in [6, 6.07) is 12.6. The molecule has 4 heteroatoms. The monoisotopic (exact) mass is 267 g/mol. The van der Waals surface area contributed by atoms with Gasteiger partial charge in [0.1, 0.15) is 0 Å². The number of carbonyl (C=O) groups excluding carboxylic acids is 1. The average Bonchev–Trinajstić information content (AvgIpc) is 2.92. The van der Waals surface area contributed by atoms with Gasteiger partial charge in [-0.2, -0.15) is 0 Å². The number of anilines is 1. The number of rotatable bonds is 3. The molecule has 0 bridgehead atoms. The number of carbonyl (C=O) groups is 1. The molecule has 0 aromatic heterocycles. The van der Waals surface area contributed by atoms with E-state index in [0.717, 1.165) is 5.56 Å². The third kappa shape index (κ3) is 2.36. The first-order chi connectivity index (χ1) is 9.74. The molecule has 20 heavy (non-hydrogen) atoms. The Morgan fingerprint density at radius 2 is 1.80 bits per heavy atom. The molecule has 1 aliphatic rings. The van der Waals surface area contributed by atoms with E-state index in [-0.39, 0.29) is 12.6 Å². The molecule has 0 spiro atoms. The molecule has 1 aliphatic heterocycles. The fourth-order valence-corrected chi connectivity index (χ4v) is 1.98. The van der Waals surface area contributed by atoms with Gasteiger partial charge in [-0.05, 0) is 18.2 Å². The van der Waals surface area contributed by atoms with Crippen molar-refractivity contribution in [2.24, 2.45) is 0 Å². The van der Waals surface area contributed by atoms with Crippen molar-refractivity contribution in [1.29, 1.82) is 0 Å². The van der Waals surface area contributed by atoms with Crippen LogP contribution in [0.2, 0.25) is 0 Å². The van der Waals surface area contributed by atoms with Crippen LogP contribution in [0.4, 0.5) is 5.69 Å². The van der Waals surface area contributed by atoms with Crippen LogP contribution in [0.15, 0.2) is 48.5 Å². The standard InChI is InChI=1S/C16H13NO3/c17-13-9-16-15(19-10-20-16)8-12(13)6-7-14(18)11-4-2-1-3-5-11/h1-9H,10,17H2/b7-6+. The third-order valence-electron chi connectivity index (χ3n) is 3.05. The molecule has 4 nitrogen and oxygen atoms in total. The summed E-state index contributed by atoms with van der Waals surface area (Å²) in [7, 11) is 0. The minimum Gasteiger partial charge on any atom is -0.454 e. The lowest BCUT2D eigenvalue weighted by atomic mass is 10.1. The maximum absolute atomic E-state index is 12.0. The van der Waals surface area contributed by atoms with Crippen molar-refractivity contribution in [3.63, 3.8) is 0 Å². The second kappa shape index (κ2) is 5.09. The zero-order chi connectivity index (χ0) is 13.9. The molecule has 0 saturated heterocycles. The van der Waals surface area contributed by atoms with E-state index in [1.165, 1.54) is 6.08 Å². The largest absolute Gasteiger partial charge is 0.454 e. The normalized spacial score (nSPS) is 12.8. The first-order valence-corrected chi connectivity index (χ1v) is 6.20. The molecule has 0 aliphatic carbocycles. The van der Waals surface area contributed by atoms with Gasteiger partial charge in [0.05, 0.1) is 0 Å². The number of nitrogen functional groups attached to an aromatic ring is 1. The van der Waals surface area contributed by atoms with E-state index in [9.17, 15) is 4.79 Å². The van der Waals surface area contributed by atoms with Gasteiger partial charge in [0, 0.05) is 22.9 Å². The lowest BCUT2D eigenvalue weighted by molar-refractivity contribution is 0.104. The molecule has 2 aromatic rings. The first-order valence-electron chi connectivity index (χ1n) is 6.20. The maximum atomic E-state index is 12.0. The van der Waals surface area contributed by atoms with Gasteiger partial charge >= 0.3 is 0 Å². The summed E-state index contributed by atoms with van der Waals surface area (Å²) in [5, 5.41) is 0. The number of benzene rings is 2. The first kappa shape index (κ1) is 12.3. The second-order valence-electron chi connectivity index (χ2n) is 4.40. The smallest absolute Gasteiger partial charge is 0.231 e. The van der Waals surface area contributed by atoms with E-state index in [0.29, 0.717) is 22.7 Å². The number of ketones is 1. The van der Waals surface area contributed by atoms with Crippen LogP contribution in [0.25, 0.3) is 6.08 Å². The van der Waals surface area contributed by atoms with E-state index >= 15 is 0 Å². The summed E-state index contributed by atoms with van der Waals surface area (Å²) in [5.41, 5.74) is 7.84. The zero-order valence-corrected chi connectivity index (χ0v) is 10.7. The summed E-state index contributed by atoms with van der Waals surface area (Å²) < 4.78 is 10.5. The fourth-order valence-electron chi connectivity index (χ4n) is 1.98. The highest BCUT2D eigenvalue weighted by molar-refractivity contribution is 6.07. The Morgan fingerprint density at radius 1 is 1.10 bits per heavy atom. The Balaban J connectivity index is 1.84. The van der Waals surface area contributed by atoms with Gasteiger partial charge in [-0.15, -0.1) is 0 Å². The van der Waals surface area contributed by atoms with Gasteiger partial charge in [-0.1, -0.05) is 30.3 Å². The highest BCUT2D eigenvalue weighted by Gasteiger charge is 2.15. The molecule has 0 radical (unpaired) electrons. The summed E-state index contributed by atoms with van der Waals surface area (Å²) in [6.07, 6.45) is 3.19. The molecule has 2 aromatic carbocycles. The predicted molar refractivity (Wildman–Crippen MR) is 76.8 cm³/mol. The van der Waals surface area contributed by atoms with Crippen molar-refractivity contribution in [1.82, 2.24) is 0 Å². The molecule has 0 amide bonds. The number of hydrogen-bond acceptors (Lipinski definition) is 4. The Bertz CT molecular complexity index is 678. The topological polar surface area (TPSA) is 61.6 Å². The zero-order valence-electron chi connectivity index (χ0n) is 10.7. The number of nitrogens with two attached hydrogens (primary N) is 1. The van der Waals surface area contributed by atoms with Crippen molar-refractivity contribution in [2.45, 2.75) is 0 Å². The quantitative estimate of drug-likeness (QED) is 0.527. The maximum Gasteiger partial charge on any atom is 0.231 e. The lowest BCUT2D eigenvalue weighted by Gasteiger charge is -2.03. The van der Waals surface area contributed by atoms with Crippen molar-refractivity contribution < 1.29 is 14.3 Å². The van der Waals surface area contributed by atoms with Crippen molar-refractivity contribution >= 4 is 17.5 Å². The Morgan fingerprint density at radius 3 is 2.55 bits per heavy atom. The van der Waals surface area contributed by atoms with Crippen LogP contribution in [0.5, 0.6) is 11.5 Å². The van der Waals surface area contributed by atoms with E-state index in [1.54, 1.807) is 30.3 Å². The third-order valence-corrected chi connectivity index (χ3v) is 3.05. The van der Waals surface area contributed by atoms with Crippen molar-refractivity contribution in [3.8, 4) is 11.5 Å². The van der Waals surface area contributed by atoms with E-state index < -0.39 is 0 Å². The Labute approximate surface area is 116 Å². The van der Waals surface area contributed by atoms with Crippen LogP contribution in [0.1, 0.15) is 15.9 Å². The summed E-state index contributed by atoms with van der Waals surface area (Å²) >= 11 is 0. The molecule has 0 unspecified atom stereocenters. The van der Waals surface area contributed by atoms with Crippen LogP contribution >= 0.6 is 0 Å². The average molecular weight is 267 g/mol. The van der Waals surface area contributed by atoms with Gasteiger partial charge in [-0.25, -0.2) is 0 Å². The minimum absolute atomic E-state index is 0.0670. The number of hydrogen-bond donors (Lipinski definition) is 1. The van der Waals surface area contributed by atoms with Gasteiger partial charge < -0.3 is 15.2 Å². The molecule has 3 rings (SSSR count). The van der Waals surface area contributed by atoms with Gasteiger partial charge in [0.2, 0.25) is 6.79 Å². The minimum atomic E-state index is -0.0670. The Hall–Kier alpha value is -2.75. The van der Waals surface area contributed by atoms with Gasteiger partial charge in [0.15, 0.2) is 17.3 Å². The molecule has 1 heterocycles. The molecule has 0 atom stereocenters. The molecular formula is C16H13NO3. The molecular weight excluding hydrogens is 254 g/mol. The fraction of sp³-hybridized carbons (Fsp3) is 0.0625. The van der Waals surface area contributed by atoms with Crippen LogP contribution in [-0.4, -0.2) is 12.6 Å². The Kier molecular flexibility index (Phi) is 3.13. The van der Waals surface area contributed by atoms with Crippen LogP contribution < -0.4 is 15.2 Å². The molecule has 0 fully saturated rings. The lowest BCUT2D eigenvalue weighted by Crippen LogP contribution is -1.94. The van der Waals surface area contributed by atoms with Crippen LogP contribution in [0, 0.1) is 0 Å². The number of fused-ring (bicyclic) bond motifs is 1. The highest BCUT2D eigenvalue weighted by atomic mass is 16.7. The summed E-state index contributed by atoms with van der Waals surface area (Å²) in [4.78, 5) is 12.0. The van der Waals surface area contributed by atoms with E-state index in [2.05, 4.69) is 0 Å². The van der Waals surface area contributed by atoms with E-state index in [1.807, 2.05) is 18.2 Å². The molecule has 0 saturated carbocycles. The molecule has 2 N–H and O–H groups in total. The van der Waals surface area contributed by atoms with Gasteiger partial charge in [0.25, 0.3) is 0 Å². The highest BCUT2D eigenvalue weighted by Crippen LogP contribution is 2.36. The number of ether oxygens (including phenoxy) is 2. The van der Waals surface area contributed by atoms with Crippen LogP contribution in [0.3, 0.4) is 0 Å². The van der Waals surface area contributed by atoms with Gasteiger partial charge in [-0.3, -0.25) is 4.79 Å². The second-order valence-corrected chi connectivity index (χ2v) is 4.40. The van der Waals surface area contributed by atoms with Crippen molar-refractivity contribution in [2.75, 3.05) is 12.5 Å². The summed E-state index contributed by atoms with van der Waals surface area (Å²) in [6.45, 7) is 0.199. The summed E-state index contributed by atoms with van der Waals surface area (Å²) in [5.74, 6) is 1.21. The van der Waals surface area contributed by atoms with Crippen molar-refractivity contribution in [3.05, 3.63) is 59.7 Å². The van der Waals surface area contributed by atoms with E-state index in [4.69, 9.17) is 15.2 Å². The van der Waals surface area contributed by atoms with Crippen LogP contribution in [-0.2, 0) is 0 Å². The SMILES string of the molecule is Nc1cc2c(cc1/C=C/C(=O)c1ccccc1)OCO2. The predicted octanol–water partition coefficient (Wildman–Crippen LogP) is 2.89.